The van der Waals surface area contributed by atoms with Gasteiger partial charge in [0, 0.05) is 37.2 Å². The van der Waals surface area contributed by atoms with E-state index < -0.39 is 6.04 Å². The Morgan fingerprint density at radius 1 is 1.18 bits per heavy atom. The summed E-state index contributed by atoms with van der Waals surface area (Å²) in [5.74, 6) is -0.775. The van der Waals surface area contributed by atoms with Gasteiger partial charge in [-0.25, -0.2) is 0 Å². The number of rotatable bonds is 5. The molecule has 2 fully saturated rings. The van der Waals surface area contributed by atoms with Crippen molar-refractivity contribution in [2.45, 2.75) is 69.6 Å². The van der Waals surface area contributed by atoms with Crippen molar-refractivity contribution in [3.8, 4) is 0 Å². The first-order valence-corrected chi connectivity index (χ1v) is 10.2. The average molecular weight is 384 g/mol. The Morgan fingerprint density at radius 3 is 2.71 bits per heavy atom. The number of benzene rings is 1. The minimum absolute atomic E-state index is 0.118. The highest BCUT2D eigenvalue weighted by atomic mass is 16.2. The van der Waals surface area contributed by atoms with E-state index in [0.717, 1.165) is 30.5 Å². The summed E-state index contributed by atoms with van der Waals surface area (Å²) >= 11 is 0. The highest BCUT2D eigenvalue weighted by Crippen LogP contribution is 2.28. The zero-order chi connectivity index (χ0) is 19.7. The van der Waals surface area contributed by atoms with Gasteiger partial charge in [0.25, 0.3) is 5.91 Å². The molecule has 1 aromatic rings. The van der Waals surface area contributed by atoms with Crippen LogP contribution in [0, 0.1) is 0 Å². The predicted molar refractivity (Wildman–Crippen MR) is 104 cm³/mol. The average Bonchev–Trinajstić information content (AvgIpc) is 2.98. The van der Waals surface area contributed by atoms with Crippen LogP contribution in [0.3, 0.4) is 0 Å². The Kier molecular flexibility index (Phi) is 5.21. The van der Waals surface area contributed by atoms with Crippen LogP contribution < -0.4 is 16.4 Å². The van der Waals surface area contributed by atoms with Crippen LogP contribution >= 0.6 is 0 Å². The van der Waals surface area contributed by atoms with Crippen LogP contribution in [-0.4, -0.2) is 40.7 Å². The lowest BCUT2D eigenvalue weighted by Gasteiger charge is -2.33. The molecule has 4 N–H and O–H groups in total. The van der Waals surface area contributed by atoms with Crippen molar-refractivity contribution in [3.05, 3.63) is 34.9 Å². The van der Waals surface area contributed by atoms with Crippen molar-refractivity contribution in [2.24, 2.45) is 5.73 Å². The summed E-state index contributed by atoms with van der Waals surface area (Å²) in [5, 5.41) is 5.79. The second-order valence-corrected chi connectivity index (χ2v) is 8.42. The smallest absolute Gasteiger partial charge is 0.255 e. The number of hydrogen-bond donors (Lipinski definition) is 3. The summed E-state index contributed by atoms with van der Waals surface area (Å²) in [6.45, 7) is 1.86. The molecule has 7 heteroatoms. The number of hydrogen-bond acceptors (Lipinski definition) is 5. The lowest BCUT2D eigenvalue weighted by Crippen LogP contribution is -2.52. The first kappa shape index (κ1) is 19.1. The van der Waals surface area contributed by atoms with Crippen LogP contribution in [0.2, 0.25) is 0 Å². The summed E-state index contributed by atoms with van der Waals surface area (Å²) in [7, 11) is 0. The SMILES string of the molecule is NC1(CNCc2ccc3c(c2)C(=O)N(C2CCC(=O)NC2=O)C3)CCCCC1. The van der Waals surface area contributed by atoms with Crippen molar-refractivity contribution in [1.82, 2.24) is 15.5 Å². The van der Waals surface area contributed by atoms with Gasteiger partial charge in [-0.05, 0) is 36.5 Å². The van der Waals surface area contributed by atoms with Gasteiger partial charge in [-0.2, -0.15) is 0 Å². The second-order valence-electron chi connectivity index (χ2n) is 8.42. The fraction of sp³-hybridized carbons (Fsp3) is 0.571. The van der Waals surface area contributed by atoms with E-state index in [2.05, 4.69) is 10.6 Å². The number of nitrogens with two attached hydrogens (primary N) is 1. The first-order chi connectivity index (χ1) is 13.5. The number of piperidine rings is 1. The number of carbonyl (C=O) groups is 3. The van der Waals surface area contributed by atoms with Gasteiger partial charge in [0.15, 0.2) is 0 Å². The van der Waals surface area contributed by atoms with Crippen molar-refractivity contribution < 1.29 is 14.4 Å². The minimum atomic E-state index is -0.567. The van der Waals surface area contributed by atoms with Gasteiger partial charge >= 0.3 is 0 Å². The van der Waals surface area contributed by atoms with Crippen molar-refractivity contribution >= 4 is 17.7 Å². The summed E-state index contributed by atoms with van der Waals surface area (Å²) in [4.78, 5) is 37.9. The number of fused-ring (bicyclic) bond motifs is 1. The summed E-state index contributed by atoms with van der Waals surface area (Å²) in [6, 6.07) is 5.34. The minimum Gasteiger partial charge on any atom is -0.324 e. The Balaban J connectivity index is 1.39. The van der Waals surface area contributed by atoms with Crippen molar-refractivity contribution in [1.29, 1.82) is 0 Å². The molecule has 0 spiro atoms. The number of imide groups is 1. The Labute approximate surface area is 165 Å². The highest BCUT2D eigenvalue weighted by Gasteiger charge is 2.39. The third kappa shape index (κ3) is 3.82. The van der Waals surface area contributed by atoms with Crippen LogP contribution in [0.15, 0.2) is 18.2 Å². The monoisotopic (exact) mass is 384 g/mol. The van der Waals surface area contributed by atoms with Crippen LogP contribution in [0.25, 0.3) is 0 Å². The van der Waals surface area contributed by atoms with E-state index in [1.165, 1.54) is 19.3 Å². The summed E-state index contributed by atoms with van der Waals surface area (Å²) < 4.78 is 0. The molecule has 1 atom stereocenters. The molecule has 2 aliphatic heterocycles. The Hall–Kier alpha value is -2.25. The first-order valence-electron chi connectivity index (χ1n) is 10.2. The second kappa shape index (κ2) is 7.64. The summed E-state index contributed by atoms with van der Waals surface area (Å²) in [5.41, 5.74) is 8.98. The molecular weight excluding hydrogens is 356 g/mol. The predicted octanol–water partition coefficient (Wildman–Crippen LogP) is 1.20. The van der Waals surface area contributed by atoms with Crippen LogP contribution in [0.1, 0.15) is 66.4 Å². The molecule has 1 unspecified atom stereocenters. The molecule has 1 aromatic carbocycles. The zero-order valence-corrected chi connectivity index (χ0v) is 16.1. The van der Waals surface area contributed by atoms with Gasteiger partial charge in [0.05, 0.1) is 0 Å². The van der Waals surface area contributed by atoms with Crippen LogP contribution in [0.4, 0.5) is 0 Å². The molecule has 0 radical (unpaired) electrons. The third-order valence-electron chi connectivity index (χ3n) is 6.25. The van der Waals surface area contributed by atoms with E-state index in [1.807, 2.05) is 18.2 Å². The number of nitrogens with zero attached hydrogens (tertiary/aromatic N) is 1. The lowest BCUT2D eigenvalue weighted by molar-refractivity contribution is -0.136. The van der Waals surface area contributed by atoms with Crippen molar-refractivity contribution in [2.75, 3.05) is 6.54 Å². The fourth-order valence-electron chi connectivity index (χ4n) is 4.60. The normalized spacial score (nSPS) is 24.2. The van der Waals surface area contributed by atoms with Crippen LogP contribution in [0.5, 0.6) is 0 Å². The molecule has 0 bridgehead atoms. The van der Waals surface area contributed by atoms with Gasteiger partial charge < -0.3 is 16.0 Å². The van der Waals surface area contributed by atoms with Gasteiger partial charge in [0.2, 0.25) is 11.8 Å². The zero-order valence-electron chi connectivity index (χ0n) is 16.1. The van der Waals surface area contributed by atoms with E-state index in [-0.39, 0.29) is 29.7 Å². The van der Waals surface area contributed by atoms with Gasteiger partial charge in [-0.15, -0.1) is 0 Å². The molecule has 150 valence electrons. The van der Waals surface area contributed by atoms with E-state index in [9.17, 15) is 14.4 Å². The standard InChI is InChI=1S/C21H28N4O3/c22-21(8-2-1-3-9-21)13-23-11-14-4-5-15-12-25(20(28)16(15)10-14)17-6-7-18(26)24-19(17)27/h4-5,10,17,23H,1-3,6-9,11-13,22H2,(H,24,26,27). The molecular formula is C21H28N4O3. The highest BCUT2D eigenvalue weighted by molar-refractivity contribution is 6.05. The topological polar surface area (TPSA) is 105 Å². The molecule has 3 amide bonds. The van der Waals surface area contributed by atoms with Crippen LogP contribution in [-0.2, 0) is 22.7 Å². The Morgan fingerprint density at radius 2 is 1.96 bits per heavy atom. The quantitative estimate of drug-likeness (QED) is 0.662. The molecule has 4 rings (SSSR count). The Bertz CT molecular complexity index is 801. The molecule has 28 heavy (non-hydrogen) atoms. The van der Waals surface area contributed by atoms with Gasteiger partial charge in [-0.1, -0.05) is 31.4 Å². The molecule has 1 aliphatic carbocycles. The van der Waals surface area contributed by atoms with Gasteiger partial charge in [-0.3, -0.25) is 19.7 Å². The van der Waals surface area contributed by atoms with E-state index >= 15 is 0 Å². The van der Waals surface area contributed by atoms with E-state index in [1.54, 1.807) is 4.90 Å². The van der Waals surface area contributed by atoms with Gasteiger partial charge in [0.1, 0.15) is 6.04 Å². The largest absolute Gasteiger partial charge is 0.324 e. The number of amides is 3. The molecule has 0 aromatic heterocycles. The number of nitrogens with one attached hydrogen (secondary N) is 2. The number of carbonyl (C=O) groups excluding carboxylic acids is 3. The molecule has 2 heterocycles. The fourth-order valence-corrected chi connectivity index (χ4v) is 4.60. The summed E-state index contributed by atoms with van der Waals surface area (Å²) in [6.07, 6.45) is 6.44. The molecule has 3 aliphatic rings. The third-order valence-corrected chi connectivity index (χ3v) is 6.25. The maximum Gasteiger partial charge on any atom is 0.255 e. The lowest BCUT2D eigenvalue weighted by atomic mass is 9.82. The molecule has 1 saturated carbocycles. The maximum atomic E-state index is 12.9. The van der Waals surface area contributed by atoms with Crippen molar-refractivity contribution in [3.63, 3.8) is 0 Å². The molecule has 7 nitrogen and oxygen atoms in total. The molecule has 1 saturated heterocycles. The maximum absolute atomic E-state index is 12.9. The van der Waals surface area contributed by atoms with E-state index in [4.69, 9.17) is 5.73 Å². The van der Waals surface area contributed by atoms with E-state index in [0.29, 0.717) is 25.1 Å².